The number of aryl methyl sites for hydroxylation is 1. The summed E-state index contributed by atoms with van der Waals surface area (Å²) >= 11 is 3.08. The average molecular weight is 245 g/mol. The average Bonchev–Trinajstić information content (AvgIpc) is 1.99. The Balaban J connectivity index is 3.53. The molecule has 1 aromatic rings. The molecule has 1 aromatic heterocycles. The molecule has 4 nitrogen and oxygen atoms in total. The minimum absolute atomic E-state index is 0.0584. The molecular weight excluding hydrogens is 236 g/mol. The van der Waals surface area contributed by atoms with Crippen LogP contribution in [0.15, 0.2) is 4.60 Å². The third-order valence-corrected chi connectivity index (χ3v) is 2.66. The first-order valence-corrected chi connectivity index (χ1v) is 4.52. The van der Waals surface area contributed by atoms with Gasteiger partial charge in [-0.2, -0.15) is 0 Å². The SMILES string of the molecule is Cc1nc(Br)c([N+](=O)[O-])c(C)c1C. The molecule has 0 aliphatic rings. The van der Waals surface area contributed by atoms with Crippen LogP contribution in [-0.4, -0.2) is 9.91 Å². The van der Waals surface area contributed by atoms with E-state index in [1.807, 2.05) is 13.8 Å². The van der Waals surface area contributed by atoms with E-state index in [-0.39, 0.29) is 5.69 Å². The second-order valence-corrected chi connectivity index (χ2v) is 3.59. The number of nitrogens with zero attached hydrogens (tertiary/aromatic N) is 2. The lowest BCUT2D eigenvalue weighted by molar-refractivity contribution is -0.386. The van der Waals surface area contributed by atoms with Crippen molar-refractivity contribution < 1.29 is 4.92 Å². The van der Waals surface area contributed by atoms with E-state index in [1.165, 1.54) is 0 Å². The molecule has 0 aliphatic carbocycles. The summed E-state index contributed by atoms with van der Waals surface area (Å²) in [5, 5.41) is 10.6. The van der Waals surface area contributed by atoms with Crippen molar-refractivity contribution in [1.29, 1.82) is 0 Å². The van der Waals surface area contributed by atoms with E-state index in [4.69, 9.17) is 0 Å². The number of halogens is 1. The predicted molar refractivity (Wildman–Crippen MR) is 52.8 cm³/mol. The van der Waals surface area contributed by atoms with E-state index in [9.17, 15) is 10.1 Å². The van der Waals surface area contributed by atoms with Crippen LogP contribution in [0.3, 0.4) is 0 Å². The summed E-state index contributed by atoms with van der Waals surface area (Å²) in [6.45, 7) is 5.39. The molecule has 0 spiro atoms. The van der Waals surface area contributed by atoms with Gasteiger partial charge in [0.15, 0.2) is 4.60 Å². The first-order chi connectivity index (χ1) is 5.95. The molecule has 70 valence electrons. The van der Waals surface area contributed by atoms with E-state index in [0.717, 1.165) is 11.3 Å². The summed E-state index contributed by atoms with van der Waals surface area (Å²) in [6.07, 6.45) is 0. The Morgan fingerprint density at radius 3 is 2.31 bits per heavy atom. The molecule has 5 heteroatoms. The van der Waals surface area contributed by atoms with Gasteiger partial charge in [-0.05, 0) is 42.3 Å². The second kappa shape index (κ2) is 3.41. The quantitative estimate of drug-likeness (QED) is 0.434. The minimum atomic E-state index is -0.418. The van der Waals surface area contributed by atoms with E-state index in [2.05, 4.69) is 20.9 Å². The minimum Gasteiger partial charge on any atom is -0.258 e. The zero-order valence-corrected chi connectivity index (χ0v) is 9.17. The molecule has 0 N–H and O–H groups in total. The zero-order chi connectivity index (χ0) is 10.2. The fourth-order valence-electron chi connectivity index (χ4n) is 1.10. The normalized spacial score (nSPS) is 10.2. The van der Waals surface area contributed by atoms with Crippen molar-refractivity contribution in [2.24, 2.45) is 0 Å². The van der Waals surface area contributed by atoms with Crippen LogP contribution in [0.1, 0.15) is 16.8 Å². The maximum atomic E-state index is 10.6. The second-order valence-electron chi connectivity index (χ2n) is 2.84. The maximum Gasteiger partial charge on any atom is 0.305 e. The van der Waals surface area contributed by atoms with E-state index in [0.29, 0.717) is 10.2 Å². The van der Waals surface area contributed by atoms with Crippen LogP contribution in [0.4, 0.5) is 5.69 Å². The molecule has 0 saturated heterocycles. The Morgan fingerprint density at radius 2 is 1.85 bits per heavy atom. The largest absolute Gasteiger partial charge is 0.305 e. The van der Waals surface area contributed by atoms with E-state index >= 15 is 0 Å². The molecule has 1 rings (SSSR count). The molecular formula is C8H9BrN2O2. The van der Waals surface area contributed by atoms with Crippen LogP contribution in [0.25, 0.3) is 0 Å². The van der Waals surface area contributed by atoms with Gasteiger partial charge in [0, 0.05) is 11.3 Å². The van der Waals surface area contributed by atoms with Crippen molar-refractivity contribution in [1.82, 2.24) is 4.98 Å². The topological polar surface area (TPSA) is 56.0 Å². The number of nitro groups is 1. The summed E-state index contributed by atoms with van der Waals surface area (Å²) in [6, 6.07) is 0. The molecule has 0 aliphatic heterocycles. The third-order valence-electron chi connectivity index (χ3n) is 2.10. The van der Waals surface area contributed by atoms with Crippen LogP contribution in [0.5, 0.6) is 0 Å². The van der Waals surface area contributed by atoms with Gasteiger partial charge in [0.1, 0.15) is 0 Å². The lowest BCUT2D eigenvalue weighted by Crippen LogP contribution is -2.00. The number of hydrogen-bond acceptors (Lipinski definition) is 3. The predicted octanol–water partition coefficient (Wildman–Crippen LogP) is 2.68. The number of hydrogen-bond donors (Lipinski definition) is 0. The van der Waals surface area contributed by atoms with Crippen LogP contribution >= 0.6 is 15.9 Å². The highest BCUT2D eigenvalue weighted by atomic mass is 79.9. The van der Waals surface area contributed by atoms with Gasteiger partial charge in [0.05, 0.1) is 4.92 Å². The third kappa shape index (κ3) is 1.70. The monoisotopic (exact) mass is 244 g/mol. The highest BCUT2D eigenvalue weighted by Gasteiger charge is 2.19. The Kier molecular flexibility index (Phi) is 2.66. The molecule has 0 aromatic carbocycles. The van der Waals surface area contributed by atoms with Gasteiger partial charge in [-0.25, -0.2) is 4.98 Å². The molecule has 0 amide bonds. The standard InChI is InChI=1S/C8H9BrN2O2/c1-4-5(2)7(11(12)13)8(9)10-6(4)3/h1-3H3. The van der Waals surface area contributed by atoms with Gasteiger partial charge in [-0.1, -0.05) is 0 Å². The van der Waals surface area contributed by atoms with Crippen molar-refractivity contribution in [2.45, 2.75) is 20.8 Å². The van der Waals surface area contributed by atoms with Gasteiger partial charge in [-0.3, -0.25) is 10.1 Å². The van der Waals surface area contributed by atoms with Gasteiger partial charge in [0.2, 0.25) is 0 Å². The van der Waals surface area contributed by atoms with Crippen molar-refractivity contribution in [3.05, 3.63) is 31.5 Å². The van der Waals surface area contributed by atoms with Crippen molar-refractivity contribution in [2.75, 3.05) is 0 Å². The number of pyridine rings is 1. The molecule has 0 saturated carbocycles. The molecule has 1 heterocycles. The van der Waals surface area contributed by atoms with E-state index < -0.39 is 4.92 Å². The first-order valence-electron chi connectivity index (χ1n) is 3.72. The Morgan fingerprint density at radius 1 is 1.31 bits per heavy atom. The summed E-state index contributed by atoms with van der Waals surface area (Å²) in [7, 11) is 0. The van der Waals surface area contributed by atoms with Crippen molar-refractivity contribution in [3.63, 3.8) is 0 Å². The Bertz CT molecular complexity index is 377. The van der Waals surface area contributed by atoms with Crippen LogP contribution in [0.2, 0.25) is 0 Å². The maximum absolute atomic E-state index is 10.6. The van der Waals surface area contributed by atoms with Gasteiger partial charge in [0.25, 0.3) is 0 Å². The van der Waals surface area contributed by atoms with Crippen molar-refractivity contribution in [3.8, 4) is 0 Å². The molecule has 0 bridgehead atoms. The fourth-order valence-corrected chi connectivity index (χ4v) is 1.81. The van der Waals surface area contributed by atoms with Crippen LogP contribution in [-0.2, 0) is 0 Å². The first kappa shape index (κ1) is 10.1. The molecule has 0 radical (unpaired) electrons. The molecule has 0 fully saturated rings. The highest BCUT2D eigenvalue weighted by molar-refractivity contribution is 9.10. The molecule has 0 unspecified atom stereocenters. The lowest BCUT2D eigenvalue weighted by Gasteiger charge is -2.05. The van der Waals surface area contributed by atoms with Crippen molar-refractivity contribution >= 4 is 21.6 Å². The molecule has 13 heavy (non-hydrogen) atoms. The van der Waals surface area contributed by atoms with E-state index in [1.54, 1.807) is 6.92 Å². The van der Waals surface area contributed by atoms with Crippen LogP contribution in [0, 0.1) is 30.9 Å². The highest BCUT2D eigenvalue weighted by Crippen LogP contribution is 2.29. The van der Waals surface area contributed by atoms with Crippen LogP contribution < -0.4 is 0 Å². The fraction of sp³-hybridized carbons (Fsp3) is 0.375. The van der Waals surface area contributed by atoms with Gasteiger partial charge in [-0.15, -0.1) is 0 Å². The zero-order valence-electron chi connectivity index (χ0n) is 7.59. The number of rotatable bonds is 1. The molecule has 0 atom stereocenters. The Labute approximate surface area is 84.3 Å². The lowest BCUT2D eigenvalue weighted by atomic mass is 10.1. The summed E-state index contributed by atoms with van der Waals surface area (Å²) in [5.41, 5.74) is 2.41. The summed E-state index contributed by atoms with van der Waals surface area (Å²) in [4.78, 5) is 14.3. The van der Waals surface area contributed by atoms with Gasteiger partial charge < -0.3 is 0 Å². The van der Waals surface area contributed by atoms with Gasteiger partial charge >= 0.3 is 5.69 Å². The summed E-state index contributed by atoms with van der Waals surface area (Å²) < 4.78 is 0.304. The Hall–Kier alpha value is -0.970. The smallest absolute Gasteiger partial charge is 0.258 e. The summed E-state index contributed by atoms with van der Waals surface area (Å²) in [5.74, 6) is 0. The number of aromatic nitrogens is 1.